The number of unbranched alkanes of at least 4 members (excludes halogenated alkanes) is 9. The molecule has 0 fully saturated rings. The van der Waals surface area contributed by atoms with E-state index < -0.39 is 5.97 Å². The fourth-order valence-corrected chi connectivity index (χ4v) is 4.97. The minimum absolute atomic E-state index is 0.104. The Kier molecular flexibility index (Phi) is 18.7. The Hall–Kier alpha value is -4.04. The van der Waals surface area contributed by atoms with E-state index in [1.54, 1.807) is 25.3 Å². The third-order valence-electron chi connectivity index (χ3n) is 7.80. The Bertz CT molecular complexity index is 1320. The monoisotopic (exact) mass is 662 g/mol. The molecule has 3 aromatic rings. The lowest BCUT2D eigenvalue weighted by atomic mass is 10.1. The van der Waals surface area contributed by atoms with Gasteiger partial charge < -0.3 is 28.4 Å². The minimum atomic E-state index is -0.459. The van der Waals surface area contributed by atoms with Crippen LogP contribution < -0.4 is 18.9 Å². The normalized spacial score (nSPS) is 10.8. The first-order chi connectivity index (χ1) is 23.5. The maximum Gasteiger partial charge on any atom is 0.341 e. The van der Waals surface area contributed by atoms with Gasteiger partial charge in [-0.2, -0.15) is 0 Å². The topological polar surface area (TPSA) is 89.5 Å². The van der Waals surface area contributed by atoms with Crippen molar-refractivity contribution in [2.45, 2.75) is 90.9 Å². The predicted molar refractivity (Wildman–Crippen MR) is 189 cm³/mol. The lowest BCUT2D eigenvalue weighted by molar-refractivity contribution is 0.0492. The molecule has 0 aliphatic rings. The second-order valence-corrected chi connectivity index (χ2v) is 11.9. The molecule has 0 aliphatic heterocycles. The van der Waals surface area contributed by atoms with Crippen molar-refractivity contribution in [2.24, 2.45) is 0 Å². The van der Waals surface area contributed by atoms with Crippen molar-refractivity contribution in [1.82, 2.24) is 0 Å². The van der Waals surface area contributed by atoms with Crippen molar-refractivity contribution in [3.8, 4) is 28.7 Å². The first kappa shape index (κ1) is 38.4. The number of rotatable bonds is 26. The summed E-state index contributed by atoms with van der Waals surface area (Å²) in [6, 6.07) is 20.2. The molecule has 0 spiro atoms. The van der Waals surface area contributed by atoms with Gasteiger partial charge in [0.05, 0.1) is 26.4 Å². The third kappa shape index (κ3) is 15.2. The van der Waals surface area contributed by atoms with Crippen molar-refractivity contribution in [3.63, 3.8) is 0 Å². The molecule has 3 rings (SSSR count). The Labute approximate surface area is 287 Å². The number of Topliss-reactive ketones (excluding diaryl/α,β-unsaturated/α-hetero) is 1. The molecule has 0 N–H and O–H groups in total. The van der Waals surface area contributed by atoms with Gasteiger partial charge >= 0.3 is 5.97 Å². The number of esters is 1. The highest BCUT2D eigenvalue weighted by Gasteiger charge is 2.16. The number of hydrogen-bond acceptors (Lipinski definition) is 8. The van der Waals surface area contributed by atoms with Gasteiger partial charge in [-0.05, 0) is 125 Å². The van der Waals surface area contributed by atoms with Crippen molar-refractivity contribution >= 4 is 11.8 Å². The number of benzene rings is 3. The first-order valence-corrected chi connectivity index (χ1v) is 17.6. The lowest BCUT2D eigenvalue weighted by Gasteiger charge is -2.12. The van der Waals surface area contributed by atoms with E-state index in [1.807, 2.05) is 48.5 Å². The van der Waals surface area contributed by atoms with Crippen molar-refractivity contribution in [1.29, 1.82) is 0 Å². The van der Waals surface area contributed by atoms with Crippen LogP contribution >= 0.6 is 0 Å². The summed E-state index contributed by atoms with van der Waals surface area (Å²) in [6.07, 6.45) is 12.2. The maximum absolute atomic E-state index is 12.8. The van der Waals surface area contributed by atoms with E-state index in [1.165, 1.54) is 6.92 Å². The maximum atomic E-state index is 12.8. The molecule has 8 nitrogen and oxygen atoms in total. The minimum Gasteiger partial charge on any atom is -0.494 e. The van der Waals surface area contributed by atoms with Crippen molar-refractivity contribution in [2.75, 3.05) is 40.1 Å². The zero-order valence-electron chi connectivity index (χ0n) is 29.1. The average Bonchev–Trinajstić information content (AvgIpc) is 3.10. The van der Waals surface area contributed by atoms with Crippen molar-refractivity contribution < 1.29 is 38.0 Å². The molecule has 0 bridgehead atoms. The van der Waals surface area contributed by atoms with E-state index in [-0.39, 0.29) is 5.78 Å². The quantitative estimate of drug-likeness (QED) is 0.0477. The Morgan fingerprint density at radius 3 is 1.54 bits per heavy atom. The molecule has 0 saturated carbocycles. The van der Waals surface area contributed by atoms with E-state index in [2.05, 4.69) is 6.92 Å². The highest BCUT2D eigenvalue weighted by molar-refractivity contribution is 5.99. The Morgan fingerprint density at radius 1 is 0.542 bits per heavy atom. The van der Waals surface area contributed by atoms with Crippen LogP contribution in [0.2, 0.25) is 0 Å². The van der Waals surface area contributed by atoms with Crippen LogP contribution in [0, 0.1) is 0 Å². The summed E-state index contributed by atoms with van der Waals surface area (Å²) in [6.45, 7) is 6.61. The van der Waals surface area contributed by atoms with Crippen LogP contribution in [0.15, 0.2) is 66.7 Å². The van der Waals surface area contributed by atoms with Crippen molar-refractivity contribution in [3.05, 3.63) is 77.9 Å². The lowest BCUT2D eigenvalue weighted by Crippen LogP contribution is -2.11. The van der Waals surface area contributed by atoms with E-state index in [0.29, 0.717) is 43.3 Å². The molecule has 262 valence electrons. The summed E-state index contributed by atoms with van der Waals surface area (Å²) in [5.74, 6) is 3.02. The number of hydrogen-bond donors (Lipinski definition) is 0. The van der Waals surface area contributed by atoms with Crippen LogP contribution in [-0.2, 0) is 9.47 Å². The van der Waals surface area contributed by atoms with Crippen LogP contribution in [-0.4, -0.2) is 51.9 Å². The molecule has 3 aromatic carbocycles. The largest absolute Gasteiger partial charge is 0.494 e. The highest BCUT2D eigenvalue weighted by atomic mass is 16.5. The van der Waals surface area contributed by atoms with Gasteiger partial charge in [-0.25, -0.2) is 4.79 Å². The van der Waals surface area contributed by atoms with Gasteiger partial charge in [0.25, 0.3) is 0 Å². The van der Waals surface area contributed by atoms with Gasteiger partial charge in [0, 0.05) is 19.3 Å². The number of ether oxygens (including phenoxy) is 6. The van der Waals surface area contributed by atoms with Gasteiger partial charge in [-0.3, -0.25) is 4.79 Å². The summed E-state index contributed by atoms with van der Waals surface area (Å²) < 4.78 is 34.2. The third-order valence-corrected chi connectivity index (χ3v) is 7.80. The molecular formula is C40H54O8. The van der Waals surface area contributed by atoms with E-state index in [0.717, 1.165) is 107 Å². The average molecular weight is 663 g/mol. The summed E-state index contributed by atoms with van der Waals surface area (Å²) in [4.78, 5) is 24.7. The molecule has 0 amide bonds. The molecule has 0 heterocycles. The molecule has 48 heavy (non-hydrogen) atoms. The molecule has 0 unspecified atom stereocenters. The van der Waals surface area contributed by atoms with Crippen LogP contribution in [0.3, 0.4) is 0 Å². The van der Waals surface area contributed by atoms with Gasteiger partial charge in [0.1, 0.15) is 34.3 Å². The second kappa shape index (κ2) is 23.3. The van der Waals surface area contributed by atoms with Crippen LogP contribution in [0.4, 0.5) is 0 Å². The molecule has 0 aromatic heterocycles. The van der Waals surface area contributed by atoms with Gasteiger partial charge in [-0.1, -0.05) is 32.6 Å². The fourth-order valence-electron chi connectivity index (χ4n) is 4.97. The Balaban J connectivity index is 1.28. The van der Waals surface area contributed by atoms with Crippen LogP contribution in [0.25, 0.3) is 0 Å². The fraction of sp³-hybridized carbons (Fsp3) is 0.500. The number of carbonyl (C=O) groups excluding carboxylic acids is 2. The molecule has 0 aliphatic carbocycles. The first-order valence-electron chi connectivity index (χ1n) is 17.6. The second-order valence-electron chi connectivity index (χ2n) is 11.9. The van der Waals surface area contributed by atoms with Gasteiger partial charge in [0.2, 0.25) is 0 Å². The van der Waals surface area contributed by atoms with E-state index in [9.17, 15) is 9.59 Å². The molecule has 0 saturated heterocycles. The molecule has 0 atom stereocenters. The number of carbonyl (C=O) groups is 2. The highest BCUT2D eigenvalue weighted by Crippen LogP contribution is 2.26. The number of ketones is 1. The summed E-state index contributed by atoms with van der Waals surface area (Å²) in [5.41, 5.74) is 0.774. The van der Waals surface area contributed by atoms with E-state index >= 15 is 0 Å². The smallest absolute Gasteiger partial charge is 0.341 e. The molecular weight excluding hydrogens is 608 g/mol. The zero-order chi connectivity index (χ0) is 34.2. The van der Waals surface area contributed by atoms with E-state index in [4.69, 9.17) is 28.4 Å². The summed E-state index contributed by atoms with van der Waals surface area (Å²) in [5, 5.41) is 0. The Morgan fingerprint density at radius 2 is 1.02 bits per heavy atom. The molecule has 8 heteroatoms. The van der Waals surface area contributed by atoms with Crippen LogP contribution in [0.5, 0.6) is 28.7 Å². The SMILES string of the molecule is CCCCCCOc1ccc(C(C)=O)cc1C(=O)OCCCCCCOc1ccc(Oc2ccc(OCCCCCCOC)cc2)cc1. The van der Waals surface area contributed by atoms with Gasteiger partial charge in [-0.15, -0.1) is 0 Å². The van der Waals surface area contributed by atoms with Gasteiger partial charge in [0.15, 0.2) is 5.78 Å². The molecule has 0 radical (unpaired) electrons. The zero-order valence-corrected chi connectivity index (χ0v) is 29.1. The predicted octanol–water partition coefficient (Wildman–Crippen LogP) is 10.0. The summed E-state index contributed by atoms with van der Waals surface area (Å²) in [7, 11) is 1.74. The summed E-state index contributed by atoms with van der Waals surface area (Å²) >= 11 is 0. The number of methoxy groups -OCH3 is 1. The standard InChI is InChI=1S/C40H54O8/c1-4-5-6-12-29-46-39-25-16-33(32(2)41)31-38(39)40(42)47-30-15-10-9-14-28-45-35-19-23-37(24-20-35)48-36-21-17-34(18-22-36)44-27-13-8-7-11-26-43-3/h16-25,31H,4-15,26-30H2,1-3H3. The van der Waals surface area contributed by atoms with Crippen LogP contribution in [0.1, 0.15) is 112 Å².